The summed E-state index contributed by atoms with van der Waals surface area (Å²) >= 11 is 1.24. The zero-order valence-electron chi connectivity index (χ0n) is 15.8. The monoisotopic (exact) mass is 441 g/mol. The van der Waals surface area contributed by atoms with Crippen LogP contribution >= 0.6 is 11.3 Å². The lowest BCUT2D eigenvalue weighted by Gasteiger charge is -2.10. The van der Waals surface area contributed by atoms with Crippen molar-refractivity contribution in [1.29, 1.82) is 0 Å². The maximum Gasteiger partial charge on any atom is 0.269 e. The van der Waals surface area contributed by atoms with Crippen LogP contribution < -0.4 is 4.80 Å². The molecule has 1 heterocycles. The van der Waals surface area contributed by atoms with E-state index in [1.165, 1.54) is 41.7 Å². The smallest absolute Gasteiger partial charge is 0.269 e. The van der Waals surface area contributed by atoms with Gasteiger partial charge in [0.05, 0.1) is 17.2 Å². The largest absolute Gasteiger partial charge is 0.312 e. The lowest BCUT2D eigenvalue weighted by molar-refractivity contribution is -0.384. The molecule has 0 radical (unpaired) electrons. The summed E-state index contributed by atoms with van der Waals surface area (Å²) in [7, 11) is 0. The Balaban J connectivity index is 1.84. The van der Waals surface area contributed by atoms with E-state index in [1.54, 1.807) is 34.2 Å². The first-order chi connectivity index (χ1) is 14.9. The van der Waals surface area contributed by atoms with E-state index in [0.717, 1.165) is 17.7 Å². The standard InChI is InChI=1S/C22H14F3N3O2S/c23-16-5-1-14(2-6-16)12-27-21(15-3-8-18(9-4-15)28(29)30)13-31-22(27)26-20-10-7-17(24)11-19(20)25/h1-11,13H,12H2. The number of hydrogen-bond donors (Lipinski definition) is 0. The Morgan fingerprint density at radius 3 is 2.26 bits per heavy atom. The molecule has 0 N–H and O–H groups in total. The number of nitro groups is 1. The van der Waals surface area contributed by atoms with Crippen LogP contribution in [-0.2, 0) is 6.54 Å². The van der Waals surface area contributed by atoms with Crippen LogP contribution in [0, 0.1) is 27.6 Å². The van der Waals surface area contributed by atoms with Crippen molar-refractivity contribution < 1.29 is 18.1 Å². The average Bonchev–Trinajstić information content (AvgIpc) is 3.14. The van der Waals surface area contributed by atoms with Crippen LogP contribution in [-0.4, -0.2) is 9.49 Å². The summed E-state index contributed by atoms with van der Waals surface area (Å²) in [6.45, 7) is 0.303. The predicted molar refractivity (Wildman–Crippen MR) is 111 cm³/mol. The van der Waals surface area contributed by atoms with Gasteiger partial charge in [-0.2, -0.15) is 0 Å². The Morgan fingerprint density at radius 1 is 0.935 bits per heavy atom. The number of nitrogens with zero attached hydrogens (tertiary/aromatic N) is 3. The van der Waals surface area contributed by atoms with Crippen molar-refractivity contribution in [1.82, 2.24) is 4.57 Å². The van der Waals surface area contributed by atoms with Gasteiger partial charge in [0.2, 0.25) is 0 Å². The molecule has 0 aliphatic rings. The molecule has 0 spiro atoms. The topological polar surface area (TPSA) is 60.4 Å². The van der Waals surface area contributed by atoms with E-state index in [-0.39, 0.29) is 17.2 Å². The number of hydrogen-bond acceptors (Lipinski definition) is 4. The third-order valence-corrected chi connectivity index (χ3v) is 5.41. The highest BCUT2D eigenvalue weighted by molar-refractivity contribution is 7.07. The van der Waals surface area contributed by atoms with Gasteiger partial charge in [0.25, 0.3) is 5.69 Å². The van der Waals surface area contributed by atoms with Crippen LogP contribution in [0.5, 0.6) is 0 Å². The highest BCUT2D eigenvalue weighted by Gasteiger charge is 2.12. The summed E-state index contributed by atoms with van der Waals surface area (Å²) in [6.07, 6.45) is 0. The van der Waals surface area contributed by atoms with Gasteiger partial charge in [0.15, 0.2) is 10.6 Å². The molecular formula is C22H14F3N3O2S. The first kappa shape index (κ1) is 20.5. The van der Waals surface area contributed by atoms with Crippen molar-refractivity contribution in [2.75, 3.05) is 0 Å². The number of halogens is 3. The fourth-order valence-corrected chi connectivity index (χ4v) is 3.93. The second-order valence-electron chi connectivity index (χ2n) is 6.63. The first-order valence-electron chi connectivity index (χ1n) is 9.08. The van der Waals surface area contributed by atoms with Crippen molar-refractivity contribution in [2.24, 2.45) is 4.99 Å². The lowest BCUT2D eigenvalue weighted by Crippen LogP contribution is -2.16. The fraction of sp³-hybridized carbons (Fsp3) is 0.0455. The van der Waals surface area contributed by atoms with E-state index in [1.807, 2.05) is 0 Å². The molecule has 0 amide bonds. The Bertz CT molecular complexity index is 1310. The van der Waals surface area contributed by atoms with E-state index in [0.29, 0.717) is 22.6 Å². The third-order valence-electron chi connectivity index (χ3n) is 4.55. The van der Waals surface area contributed by atoms with Gasteiger partial charge in [-0.1, -0.05) is 12.1 Å². The van der Waals surface area contributed by atoms with Crippen LogP contribution in [0.3, 0.4) is 0 Å². The molecule has 5 nitrogen and oxygen atoms in total. The van der Waals surface area contributed by atoms with Crippen molar-refractivity contribution >= 4 is 22.7 Å². The van der Waals surface area contributed by atoms with Crippen molar-refractivity contribution in [2.45, 2.75) is 6.54 Å². The van der Waals surface area contributed by atoms with Crippen LogP contribution in [0.15, 0.2) is 77.1 Å². The van der Waals surface area contributed by atoms with E-state index >= 15 is 0 Å². The van der Waals surface area contributed by atoms with Gasteiger partial charge >= 0.3 is 0 Å². The van der Waals surface area contributed by atoms with E-state index in [2.05, 4.69) is 4.99 Å². The minimum atomic E-state index is -0.793. The summed E-state index contributed by atoms with van der Waals surface area (Å²) in [5, 5.41) is 12.7. The number of rotatable bonds is 5. The van der Waals surface area contributed by atoms with Crippen molar-refractivity contribution in [3.8, 4) is 11.3 Å². The Kier molecular flexibility index (Phi) is 5.68. The summed E-state index contributed by atoms with van der Waals surface area (Å²) in [5.74, 6) is -1.86. The molecular weight excluding hydrogens is 427 g/mol. The Labute approximate surface area is 178 Å². The van der Waals surface area contributed by atoms with Gasteiger partial charge in [-0.15, -0.1) is 11.3 Å². The molecule has 156 valence electrons. The molecule has 4 rings (SSSR count). The average molecular weight is 441 g/mol. The van der Waals surface area contributed by atoms with E-state index < -0.39 is 16.6 Å². The van der Waals surface area contributed by atoms with Gasteiger partial charge in [-0.3, -0.25) is 10.1 Å². The maximum absolute atomic E-state index is 14.1. The van der Waals surface area contributed by atoms with Crippen molar-refractivity contribution in [3.05, 3.63) is 110 Å². The number of nitro benzene ring substituents is 1. The van der Waals surface area contributed by atoms with Gasteiger partial charge in [0, 0.05) is 23.6 Å². The molecule has 0 unspecified atom stereocenters. The molecule has 9 heteroatoms. The van der Waals surface area contributed by atoms with Gasteiger partial charge in [-0.05, 0) is 47.5 Å². The lowest BCUT2D eigenvalue weighted by atomic mass is 10.1. The number of thiazole rings is 1. The SMILES string of the molecule is O=[N+]([O-])c1ccc(-c2csc(=Nc3ccc(F)cc3F)n2Cc2ccc(F)cc2)cc1. The molecule has 0 bridgehead atoms. The molecule has 0 saturated heterocycles. The minimum Gasteiger partial charge on any atom is -0.312 e. The highest BCUT2D eigenvalue weighted by Crippen LogP contribution is 2.25. The highest BCUT2D eigenvalue weighted by atomic mass is 32.1. The number of aromatic nitrogens is 1. The molecule has 0 aliphatic carbocycles. The second-order valence-corrected chi connectivity index (χ2v) is 7.46. The normalized spacial score (nSPS) is 11.6. The third kappa shape index (κ3) is 4.56. The van der Waals surface area contributed by atoms with Crippen LogP contribution in [0.2, 0.25) is 0 Å². The second kappa shape index (κ2) is 8.57. The molecule has 0 aliphatic heterocycles. The Hall–Kier alpha value is -3.72. The van der Waals surface area contributed by atoms with Crippen LogP contribution in [0.4, 0.5) is 24.5 Å². The molecule has 0 fully saturated rings. The zero-order chi connectivity index (χ0) is 22.0. The molecule has 0 saturated carbocycles. The van der Waals surface area contributed by atoms with Crippen LogP contribution in [0.25, 0.3) is 11.3 Å². The molecule has 31 heavy (non-hydrogen) atoms. The Morgan fingerprint density at radius 2 is 1.61 bits per heavy atom. The number of benzene rings is 3. The molecule has 1 aromatic heterocycles. The van der Waals surface area contributed by atoms with Crippen LogP contribution in [0.1, 0.15) is 5.56 Å². The van der Waals surface area contributed by atoms with Crippen molar-refractivity contribution in [3.63, 3.8) is 0 Å². The predicted octanol–water partition coefficient (Wildman–Crippen LogP) is 5.82. The number of non-ortho nitro benzene ring substituents is 1. The summed E-state index contributed by atoms with van der Waals surface area (Å²) < 4.78 is 42.5. The quantitative estimate of drug-likeness (QED) is 0.289. The fourth-order valence-electron chi connectivity index (χ4n) is 3.00. The maximum atomic E-state index is 14.1. The van der Waals surface area contributed by atoms with E-state index in [9.17, 15) is 23.3 Å². The first-order valence-corrected chi connectivity index (χ1v) is 9.96. The van der Waals surface area contributed by atoms with E-state index in [4.69, 9.17) is 0 Å². The molecule has 0 atom stereocenters. The summed E-state index contributed by atoms with van der Waals surface area (Å²) in [6, 6.07) is 15.1. The summed E-state index contributed by atoms with van der Waals surface area (Å²) in [4.78, 5) is 15.2. The van der Waals surface area contributed by atoms with Gasteiger partial charge in [-0.25, -0.2) is 18.2 Å². The minimum absolute atomic E-state index is 0.0219. The zero-order valence-corrected chi connectivity index (χ0v) is 16.7. The van der Waals surface area contributed by atoms with Gasteiger partial charge in [0.1, 0.15) is 17.3 Å². The molecule has 4 aromatic rings. The molecule has 3 aromatic carbocycles. The van der Waals surface area contributed by atoms with Gasteiger partial charge < -0.3 is 4.57 Å². The summed E-state index contributed by atoms with van der Waals surface area (Å²) in [5.41, 5.74) is 2.12.